The molecule has 6 heteroatoms. The molecular formula is C9H11ClO4S. The van der Waals surface area contributed by atoms with Crippen molar-refractivity contribution < 1.29 is 17.3 Å². The molecule has 0 unspecified atom stereocenters. The zero-order valence-electron chi connectivity index (χ0n) is 8.14. The van der Waals surface area contributed by atoms with Crippen molar-refractivity contribution in [2.45, 2.75) is 0 Å². The number of hydrogen-bond acceptors (Lipinski definition) is 4. The second-order valence-electron chi connectivity index (χ2n) is 2.80. The van der Waals surface area contributed by atoms with E-state index in [0.29, 0.717) is 18.2 Å². The summed E-state index contributed by atoms with van der Waals surface area (Å²) in [5.74, 6) is 1.29. The van der Waals surface area contributed by atoms with Crippen LogP contribution in [-0.4, -0.2) is 27.2 Å². The Balaban J connectivity index is 2.64. The van der Waals surface area contributed by atoms with Gasteiger partial charge in [0.25, 0.3) is 0 Å². The number of halogens is 1. The van der Waals surface area contributed by atoms with Gasteiger partial charge in [-0.25, -0.2) is 0 Å². The van der Waals surface area contributed by atoms with Crippen LogP contribution in [0.1, 0.15) is 0 Å². The van der Waals surface area contributed by atoms with Crippen molar-refractivity contribution in [3.63, 3.8) is 0 Å². The molecule has 0 saturated heterocycles. The SMILES string of the molecule is CS(=O)(=O)Oc1ccc(OCCCl)cc1. The largest absolute Gasteiger partial charge is 0.492 e. The predicted octanol–water partition coefficient (Wildman–Crippen LogP) is 1.64. The van der Waals surface area contributed by atoms with Crippen LogP contribution in [0.5, 0.6) is 11.5 Å². The summed E-state index contributed by atoms with van der Waals surface area (Å²) in [5.41, 5.74) is 0. The van der Waals surface area contributed by atoms with Gasteiger partial charge in [0.2, 0.25) is 0 Å². The summed E-state index contributed by atoms with van der Waals surface area (Å²) in [6.07, 6.45) is 0.991. The second kappa shape index (κ2) is 5.23. The Morgan fingerprint density at radius 1 is 1.20 bits per heavy atom. The lowest BCUT2D eigenvalue weighted by atomic mass is 10.3. The summed E-state index contributed by atoms with van der Waals surface area (Å²) in [7, 11) is -3.47. The molecule has 0 aliphatic heterocycles. The Bertz CT molecular complexity index is 399. The van der Waals surface area contributed by atoms with E-state index >= 15 is 0 Å². The Kier molecular flexibility index (Phi) is 4.23. The van der Waals surface area contributed by atoms with Crippen molar-refractivity contribution in [3.8, 4) is 11.5 Å². The number of benzene rings is 1. The van der Waals surface area contributed by atoms with E-state index in [-0.39, 0.29) is 5.75 Å². The highest BCUT2D eigenvalue weighted by Gasteiger charge is 2.03. The van der Waals surface area contributed by atoms with Gasteiger partial charge in [-0.05, 0) is 24.3 Å². The fraction of sp³-hybridized carbons (Fsp3) is 0.333. The normalized spacial score (nSPS) is 11.1. The monoisotopic (exact) mass is 250 g/mol. The minimum Gasteiger partial charge on any atom is -0.492 e. The third-order valence-corrected chi connectivity index (χ3v) is 2.07. The van der Waals surface area contributed by atoms with E-state index in [4.69, 9.17) is 16.3 Å². The summed E-state index contributed by atoms with van der Waals surface area (Å²) >= 11 is 5.44. The molecule has 84 valence electrons. The van der Waals surface area contributed by atoms with Crippen LogP contribution in [0.2, 0.25) is 0 Å². The average molecular weight is 251 g/mol. The third-order valence-electron chi connectivity index (χ3n) is 1.42. The van der Waals surface area contributed by atoms with Crippen molar-refractivity contribution in [1.29, 1.82) is 0 Å². The van der Waals surface area contributed by atoms with Crippen LogP contribution in [0.25, 0.3) is 0 Å². The highest BCUT2D eigenvalue weighted by molar-refractivity contribution is 7.86. The number of rotatable bonds is 5. The highest BCUT2D eigenvalue weighted by atomic mass is 35.5. The molecule has 15 heavy (non-hydrogen) atoms. The summed E-state index contributed by atoms with van der Waals surface area (Å²) in [6.45, 7) is 0.411. The van der Waals surface area contributed by atoms with Gasteiger partial charge in [0.1, 0.15) is 18.1 Å². The lowest BCUT2D eigenvalue weighted by Gasteiger charge is -2.05. The van der Waals surface area contributed by atoms with Crippen molar-refractivity contribution in [2.24, 2.45) is 0 Å². The first kappa shape index (κ1) is 12.1. The molecule has 0 spiro atoms. The van der Waals surface area contributed by atoms with Gasteiger partial charge in [-0.2, -0.15) is 8.42 Å². The molecule has 0 amide bonds. The summed E-state index contributed by atoms with van der Waals surface area (Å²) < 4.78 is 31.4. The Morgan fingerprint density at radius 3 is 2.20 bits per heavy atom. The third kappa shape index (κ3) is 4.90. The first-order valence-electron chi connectivity index (χ1n) is 4.19. The van der Waals surface area contributed by atoms with Crippen molar-refractivity contribution in [2.75, 3.05) is 18.7 Å². The number of alkyl halides is 1. The molecule has 0 atom stereocenters. The molecule has 0 aromatic heterocycles. The maximum absolute atomic E-state index is 10.8. The smallest absolute Gasteiger partial charge is 0.306 e. The summed E-state index contributed by atoms with van der Waals surface area (Å²) in [5, 5.41) is 0. The van der Waals surface area contributed by atoms with Crippen molar-refractivity contribution in [3.05, 3.63) is 24.3 Å². The van der Waals surface area contributed by atoms with Crippen LogP contribution in [0.15, 0.2) is 24.3 Å². The number of ether oxygens (including phenoxy) is 1. The molecule has 0 bridgehead atoms. The maximum Gasteiger partial charge on any atom is 0.306 e. The molecule has 0 saturated carbocycles. The minimum absolute atomic E-state index is 0.260. The van der Waals surface area contributed by atoms with Crippen LogP contribution < -0.4 is 8.92 Å². The zero-order valence-corrected chi connectivity index (χ0v) is 9.72. The molecule has 0 N–H and O–H groups in total. The first-order chi connectivity index (χ1) is 7.01. The van der Waals surface area contributed by atoms with E-state index in [1.54, 1.807) is 12.1 Å². The van der Waals surface area contributed by atoms with E-state index in [1.165, 1.54) is 12.1 Å². The van der Waals surface area contributed by atoms with Gasteiger partial charge in [0.05, 0.1) is 12.1 Å². The fourth-order valence-corrected chi connectivity index (χ4v) is 1.46. The lowest BCUT2D eigenvalue weighted by molar-refractivity contribution is 0.342. The van der Waals surface area contributed by atoms with Gasteiger partial charge in [-0.3, -0.25) is 0 Å². The van der Waals surface area contributed by atoms with Crippen LogP contribution in [0.4, 0.5) is 0 Å². The molecule has 1 rings (SSSR count). The quantitative estimate of drug-likeness (QED) is 0.589. The highest BCUT2D eigenvalue weighted by Crippen LogP contribution is 2.18. The van der Waals surface area contributed by atoms with Gasteiger partial charge in [-0.1, -0.05) is 0 Å². The Morgan fingerprint density at radius 2 is 1.73 bits per heavy atom. The molecule has 4 nitrogen and oxygen atoms in total. The van der Waals surface area contributed by atoms with Crippen molar-refractivity contribution >= 4 is 21.7 Å². The first-order valence-corrected chi connectivity index (χ1v) is 6.54. The van der Waals surface area contributed by atoms with Crippen molar-refractivity contribution in [1.82, 2.24) is 0 Å². The van der Waals surface area contributed by atoms with Gasteiger partial charge in [0.15, 0.2) is 0 Å². The van der Waals surface area contributed by atoms with E-state index in [0.717, 1.165) is 6.26 Å². The molecule has 0 radical (unpaired) electrons. The topological polar surface area (TPSA) is 52.6 Å². The number of hydrogen-bond donors (Lipinski definition) is 0. The zero-order chi connectivity index (χ0) is 11.3. The molecule has 1 aromatic carbocycles. The van der Waals surface area contributed by atoms with Crippen LogP contribution >= 0.6 is 11.6 Å². The van der Waals surface area contributed by atoms with Crippen LogP contribution in [0, 0.1) is 0 Å². The second-order valence-corrected chi connectivity index (χ2v) is 4.75. The van der Waals surface area contributed by atoms with Gasteiger partial charge in [0, 0.05) is 0 Å². The van der Waals surface area contributed by atoms with E-state index in [2.05, 4.69) is 4.18 Å². The fourth-order valence-electron chi connectivity index (χ4n) is 0.923. The van der Waals surface area contributed by atoms with Gasteiger partial charge >= 0.3 is 10.1 Å². The Labute approximate surface area is 93.9 Å². The molecular weight excluding hydrogens is 240 g/mol. The minimum atomic E-state index is -3.47. The average Bonchev–Trinajstić information content (AvgIpc) is 2.14. The molecule has 0 aliphatic carbocycles. The Hall–Kier alpha value is -0.940. The van der Waals surface area contributed by atoms with E-state index in [9.17, 15) is 8.42 Å². The van der Waals surface area contributed by atoms with Gasteiger partial charge in [-0.15, -0.1) is 11.6 Å². The standard InChI is InChI=1S/C9H11ClO4S/c1-15(11,12)14-9-4-2-8(3-5-9)13-7-6-10/h2-5H,6-7H2,1H3. The van der Waals surface area contributed by atoms with E-state index < -0.39 is 10.1 Å². The van der Waals surface area contributed by atoms with Crippen LogP contribution in [-0.2, 0) is 10.1 Å². The predicted molar refractivity (Wildman–Crippen MR) is 58.1 cm³/mol. The molecule has 0 aliphatic rings. The molecule has 0 fully saturated rings. The van der Waals surface area contributed by atoms with E-state index in [1.807, 2.05) is 0 Å². The molecule has 1 aromatic rings. The molecule has 0 heterocycles. The summed E-state index contributed by atoms with van der Waals surface area (Å²) in [6, 6.07) is 6.27. The summed E-state index contributed by atoms with van der Waals surface area (Å²) in [4.78, 5) is 0. The maximum atomic E-state index is 10.8. The van der Waals surface area contributed by atoms with Crippen LogP contribution in [0.3, 0.4) is 0 Å². The van der Waals surface area contributed by atoms with Gasteiger partial charge < -0.3 is 8.92 Å². The lowest BCUT2D eigenvalue weighted by Crippen LogP contribution is -2.05.